The molecule has 0 radical (unpaired) electrons. The van der Waals surface area contributed by atoms with Gasteiger partial charge in [-0.2, -0.15) is 0 Å². The zero-order valence-electron chi connectivity index (χ0n) is 61.1. The molecule has 0 heterocycles. The predicted octanol–water partition coefficient (Wildman–Crippen LogP) is 22.1. The van der Waals surface area contributed by atoms with E-state index in [9.17, 15) is 43.2 Å². The van der Waals surface area contributed by atoms with Crippen LogP contribution >= 0.6 is 15.6 Å². The summed E-state index contributed by atoms with van der Waals surface area (Å²) in [6.45, 7) is 7.24. The van der Waals surface area contributed by atoms with Crippen molar-refractivity contribution in [1.29, 1.82) is 0 Å². The van der Waals surface area contributed by atoms with Crippen LogP contribution in [0.5, 0.6) is 0 Å². The van der Waals surface area contributed by atoms with Crippen LogP contribution in [-0.2, 0) is 65.4 Å². The van der Waals surface area contributed by atoms with Crippen LogP contribution in [0.3, 0.4) is 0 Å². The molecule has 0 aromatic heterocycles. The molecule has 0 fully saturated rings. The molecule has 0 aliphatic heterocycles. The number of rotatable bonds is 75. The molecule has 0 saturated carbocycles. The van der Waals surface area contributed by atoms with Crippen LogP contribution in [0.1, 0.15) is 394 Å². The minimum atomic E-state index is -4.95. The van der Waals surface area contributed by atoms with E-state index in [2.05, 4.69) is 34.6 Å². The number of carbonyl (C=O) groups is 4. The second kappa shape index (κ2) is 68.2. The van der Waals surface area contributed by atoms with Gasteiger partial charge in [0.15, 0.2) is 12.2 Å². The van der Waals surface area contributed by atoms with E-state index in [4.69, 9.17) is 37.0 Å². The lowest BCUT2D eigenvalue weighted by Gasteiger charge is -2.21. The third kappa shape index (κ3) is 68.6. The molecule has 19 heteroatoms. The van der Waals surface area contributed by atoms with Crippen molar-refractivity contribution in [3.05, 3.63) is 0 Å². The van der Waals surface area contributed by atoms with Gasteiger partial charge < -0.3 is 33.8 Å². The Morgan fingerprint density at radius 2 is 0.489 bits per heavy atom. The van der Waals surface area contributed by atoms with E-state index in [0.29, 0.717) is 25.7 Å². The summed E-state index contributed by atoms with van der Waals surface area (Å²) < 4.78 is 68.4. The first-order chi connectivity index (χ1) is 45.5. The zero-order valence-corrected chi connectivity index (χ0v) is 62.9. The molecular weight excluding hydrogens is 1230 g/mol. The first-order valence-corrected chi connectivity index (χ1v) is 42.1. The van der Waals surface area contributed by atoms with Crippen molar-refractivity contribution in [3.63, 3.8) is 0 Å². The van der Waals surface area contributed by atoms with Crippen LogP contribution in [-0.4, -0.2) is 96.7 Å². The number of aliphatic hydroxyl groups excluding tert-OH is 1. The highest BCUT2D eigenvalue weighted by Gasteiger charge is 2.30. The first-order valence-electron chi connectivity index (χ1n) is 39.1. The van der Waals surface area contributed by atoms with Crippen molar-refractivity contribution < 1.29 is 80.2 Å². The SMILES string of the molecule is CCCCCCCCCCCCCCCCCCCCCCC(=O)O[C@H](COC(=O)CCCCCCCCCCCCCCC)COP(=O)(O)OC[C@@H](O)COP(=O)(O)OC[C@@H](COC(=O)CCCCCCCCCCC)OC(=O)CCCCCCCCCCCC(C)C. The zero-order chi connectivity index (χ0) is 69.1. The number of ether oxygens (including phenoxy) is 4. The molecule has 558 valence electrons. The predicted molar refractivity (Wildman–Crippen MR) is 382 cm³/mol. The van der Waals surface area contributed by atoms with Gasteiger partial charge in [-0.15, -0.1) is 0 Å². The summed E-state index contributed by atoms with van der Waals surface area (Å²) in [6, 6.07) is 0. The summed E-state index contributed by atoms with van der Waals surface area (Å²) >= 11 is 0. The maximum atomic E-state index is 13.1. The number of hydrogen-bond acceptors (Lipinski definition) is 15. The van der Waals surface area contributed by atoms with Crippen LogP contribution < -0.4 is 0 Å². The number of carbonyl (C=O) groups excluding carboxylic acids is 4. The van der Waals surface area contributed by atoms with E-state index in [-0.39, 0.29) is 25.7 Å². The summed E-state index contributed by atoms with van der Waals surface area (Å²) in [7, 11) is -9.90. The van der Waals surface area contributed by atoms with E-state index in [0.717, 1.165) is 95.8 Å². The van der Waals surface area contributed by atoms with E-state index < -0.39 is 97.5 Å². The molecule has 3 N–H and O–H groups in total. The molecule has 0 spiro atoms. The largest absolute Gasteiger partial charge is 0.472 e. The van der Waals surface area contributed by atoms with Gasteiger partial charge in [-0.3, -0.25) is 37.3 Å². The first kappa shape index (κ1) is 92.1. The molecule has 0 aromatic carbocycles. The van der Waals surface area contributed by atoms with Gasteiger partial charge in [0.25, 0.3) is 0 Å². The third-order valence-electron chi connectivity index (χ3n) is 17.5. The van der Waals surface area contributed by atoms with E-state index in [1.165, 1.54) is 218 Å². The summed E-state index contributed by atoms with van der Waals surface area (Å²) in [6.07, 6.45) is 56.9. The van der Waals surface area contributed by atoms with Crippen LogP contribution in [0.15, 0.2) is 0 Å². The molecule has 2 unspecified atom stereocenters. The van der Waals surface area contributed by atoms with Crippen LogP contribution in [0.25, 0.3) is 0 Å². The highest BCUT2D eigenvalue weighted by Crippen LogP contribution is 2.45. The Hall–Kier alpha value is -1.94. The number of esters is 4. The molecule has 0 aliphatic carbocycles. The van der Waals surface area contributed by atoms with Crippen molar-refractivity contribution in [2.75, 3.05) is 39.6 Å². The Morgan fingerprint density at radius 1 is 0.287 bits per heavy atom. The van der Waals surface area contributed by atoms with Gasteiger partial charge in [0.1, 0.15) is 19.3 Å². The maximum Gasteiger partial charge on any atom is 0.472 e. The fraction of sp³-hybridized carbons (Fsp3) is 0.947. The summed E-state index contributed by atoms with van der Waals surface area (Å²) in [4.78, 5) is 72.7. The maximum absolute atomic E-state index is 13.1. The fourth-order valence-electron chi connectivity index (χ4n) is 11.5. The minimum absolute atomic E-state index is 0.106. The van der Waals surface area contributed by atoms with E-state index in [1.807, 2.05) is 0 Å². The van der Waals surface area contributed by atoms with Gasteiger partial charge in [-0.25, -0.2) is 9.13 Å². The molecule has 0 rings (SSSR count). The smallest absolute Gasteiger partial charge is 0.462 e. The lowest BCUT2D eigenvalue weighted by atomic mass is 10.0. The summed E-state index contributed by atoms with van der Waals surface area (Å²) in [5.74, 6) is -1.38. The quantitative estimate of drug-likeness (QED) is 0.0222. The normalized spacial score (nSPS) is 14.0. The number of phosphoric acid groups is 2. The third-order valence-corrected chi connectivity index (χ3v) is 19.4. The molecule has 0 bridgehead atoms. The molecule has 17 nitrogen and oxygen atoms in total. The monoisotopic (exact) mass is 1380 g/mol. The molecule has 0 amide bonds. The van der Waals surface area contributed by atoms with Crippen molar-refractivity contribution in [2.45, 2.75) is 412 Å². The van der Waals surface area contributed by atoms with Crippen molar-refractivity contribution >= 4 is 39.5 Å². The number of phosphoric ester groups is 2. The molecular formula is C75H146O17P2. The van der Waals surface area contributed by atoms with Gasteiger partial charge in [-0.05, 0) is 31.6 Å². The number of aliphatic hydroxyl groups is 1. The van der Waals surface area contributed by atoms with Crippen LogP contribution in [0.4, 0.5) is 0 Å². The number of unbranched alkanes of at least 4 members (excludes halogenated alkanes) is 47. The van der Waals surface area contributed by atoms with Gasteiger partial charge in [0.05, 0.1) is 26.4 Å². The standard InChI is InChI=1S/C75H146O17P2/c1-6-9-12-15-18-21-23-25-26-27-28-29-30-31-33-35-40-45-50-55-60-74(79)91-71(65-86-73(78)59-54-49-44-39-34-32-24-22-19-16-13-10-7-2)67-90-94(83,84)88-63-69(76)62-87-93(81,82)89-66-70(64-85-72(77)58-53-48-43-37-20-17-14-11-8-3)92-75(80)61-56-51-46-41-36-38-42-47-52-57-68(4)5/h68-71,76H,6-67H2,1-5H3,(H,81,82)(H,83,84)/t69-,70+,71+/m0/s1. The summed E-state index contributed by atoms with van der Waals surface area (Å²) in [5, 5.41) is 10.6. The second-order valence-electron chi connectivity index (χ2n) is 27.5. The number of hydrogen-bond donors (Lipinski definition) is 3. The second-order valence-corrected chi connectivity index (χ2v) is 30.4. The van der Waals surface area contributed by atoms with Gasteiger partial charge in [0, 0.05) is 25.7 Å². The lowest BCUT2D eigenvalue weighted by molar-refractivity contribution is -0.161. The minimum Gasteiger partial charge on any atom is -0.462 e. The lowest BCUT2D eigenvalue weighted by Crippen LogP contribution is -2.30. The van der Waals surface area contributed by atoms with Gasteiger partial charge in [0.2, 0.25) is 0 Å². The summed E-state index contributed by atoms with van der Waals surface area (Å²) in [5.41, 5.74) is 0. The van der Waals surface area contributed by atoms with Gasteiger partial charge in [-0.1, -0.05) is 343 Å². The Labute approximate surface area is 575 Å². The Kier molecular flexibility index (Phi) is 66.8. The topological polar surface area (TPSA) is 237 Å². The van der Waals surface area contributed by atoms with Crippen molar-refractivity contribution in [2.24, 2.45) is 5.92 Å². The highest BCUT2D eigenvalue weighted by atomic mass is 31.2. The molecule has 0 aliphatic rings. The molecule has 94 heavy (non-hydrogen) atoms. The van der Waals surface area contributed by atoms with E-state index >= 15 is 0 Å². The van der Waals surface area contributed by atoms with Crippen molar-refractivity contribution in [1.82, 2.24) is 0 Å². The van der Waals surface area contributed by atoms with Crippen LogP contribution in [0.2, 0.25) is 0 Å². The average molecular weight is 1380 g/mol. The Bertz CT molecular complexity index is 1810. The fourth-order valence-corrected chi connectivity index (χ4v) is 13.1. The Morgan fingerprint density at radius 3 is 0.723 bits per heavy atom. The van der Waals surface area contributed by atoms with Gasteiger partial charge >= 0.3 is 39.5 Å². The highest BCUT2D eigenvalue weighted by molar-refractivity contribution is 7.47. The van der Waals surface area contributed by atoms with Crippen molar-refractivity contribution in [3.8, 4) is 0 Å². The van der Waals surface area contributed by atoms with Crippen LogP contribution in [0, 0.1) is 5.92 Å². The Balaban J connectivity index is 5.20. The molecule has 0 aromatic rings. The molecule has 5 atom stereocenters. The van der Waals surface area contributed by atoms with E-state index in [1.54, 1.807) is 0 Å². The molecule has 0 saturated heterocycles. The average Bonchev–Trinajstić information content (AvgIpc) is 1.13.